The van der Waals surface area contributed by atoms with Gasteiger partial charge >= 0.3 is 0 Å². The number of carbonyl (C=O) groups is 1. The van der Waals surface area contributed by atoms with Gasteiger partial charge in [0.2, 0.25) is 0 Å². The number of nitrogens with zero attached hydrogens (tertiary/aromatic N) is 1. The van der Waals surface area contributed by atoms with Crippen molar-refractivity contribution in [1.82, 2.24) is 9.88 Å². The molecule has 1 N–H and O–H groups in total. The number of aromatic amines is 1. The lowest BCUT2D eigenvalue weighted by molar-refractivity contribution is 0.0901. The number of aromatic nitrogens is 1. The molecular weight excluding hydrogens is 188 g/mol. The van der Waals surface area contributed by atoms with Gasteiger partial charge in [-0.2, -0.15) is 0 Å². The summed E-state index contributed by atoms with van der Waals surface area (Å²) in [5, 5.41) is 0. The Kier molecular flexibility index (Phi) is 4.56. The highest BCUT2D eigenvalue weighted by Crippen LogP contribution is 2.03. The van der Waals surface area contributed by atoms with E-state index in [4.69, 9.17) is 0 Å². The molecule has 3 heteroatoms. The van der Waals surface area contributed by atoms with Crippen molar-refractivity contribution in [3.05, 3.63) is 24.0 Å². The average molecular weight is 208 g/mol. The van der Waals surface area contributed by atoms with Gasteiger partial charge < -0.3 is 4.98 Å². The predicted octanol–water partition coefficient (Wildman–Crippen LogP) is 2.32. The van der Waals surface area contributed by atoms with E-state index in [0.717, 1.165) is 13.0 Å². The number of H-pyrrole nitrogens is 1. The van der Waals surface area contributed by atoms with Crippen molar-refractivity contribution in [2.24, 2.45) is 0 Å². The van der Waals surface area contributed by atoms with Crippen molar-refractivity contribution in [2.75, 3.05) is 13.1 Å². The predicted molar refractivity (Wildman–Crippen MR) is 62.1 cm³/mol. The number of rotatable bonds is 6. The monoisotopic (exact) mass is 208 g/mol. The fourth-order valence-corrected chi connectivity index (χ4v) is 1.58. The third-order valence-electron chi connectivity index (χ3n) is 2.49. The van der Waals surface area contributed by atoms with E-state index >= 15 is 0 Å². The molecule has 0 aliphatic carbocycles. The molecule has 0 aliphatic rings. The second-order valence-electron chi connectivity index (χ2n) is 4.07. The van der Waals surface area contributed by atoms with Crippen molar-refractivity contribution in [2.45, 2.75) is 33.2 Å². The minimum absolute atomic E-state index is 0.169. The first-order valence-electron chi connectivity index (χ1n) is 5.55. The topological polar surface area (TPSA) is 36.1 Å². The Balaban J connectivity index is 2.55. The molecule has 0 radical (unpaired) electrons. The number of nitrogens with one attached hydrogen (secondary N) is 1. The zero-order valence-corrected chi connectivity index (χ0v) is 9.79. The summed E-state index contributed by atoms with van der Waals surface area (Å²) in [5.74, 6) is 0.169. The average Bonchev–Trinajstić information content (AvgIpc) is 2.69. The fraction of sp³-hybridized carbons (Fsp3) is 0.583. The van der Waals surface area contributed by atoms with E-state index in [-0.39, 0.29) is 5.78 Å². The maximum absolute atomic E-state index is 11.8. The molecule has 0 amide bonds. The Morgan fingerprint density at radius 2 is 2.27 bits per heavy atom. The smallest absolute Gasteiger partial charge is 0.192 e. The van der Waals surface area contributed by atoms with Gasteiger partial charge in [0.1, 0.15) is 0 Å². The molecule has 0 saturated heterocycles. The minimum Gasteiger partial charge on any atom is -0.359 e. The summed E-state index contributed by atoms with van der Waals surface area (Å²) < 4.78 is 0. The van der Waals surface area contributed by atoms with Gasteiger partial charge in [-0.05, 0) is 38.9 Å². The number of hydrogen-bond donors (Lipinski definition) is 1. The van der Waals surface area contributed by atoms with Crippen LogP contribution in [-0.4, -0.2) is 34.8 Å². The van der Waals surface area contributed by atoms with Crippen LogP contribution in [0.5, 0.6) is 0 Å². The molecule has 84 valence electrons. The SMILES string of the molecule is CCCN(CC(=O)c1ccc[nH]1)C(C)C. The second-order valence-corrected chi connectivity index (χ2v) is 4.07. The van der Waals surface area contributed by atoms with E-state index in [0.29, 0.717) is 18.3 Å². The van der Waals surface area contributed by atoms with E-state index in [1.165, 1.54) is 0 Å². The maximum atomic E-state index is 11.8. The van der Waals surface area contributed by atoms with Crippen LogP contribution >= 0.6 is 0 Å². The third-order valence-corrected chi connectivity index (χ3v) is 2.49. The van der Waals surface area contributed by atoms with Gasteiger partial charge in [0.25, 0.3) is 0 Å². The molecule has 0 aliphatic heterocycles. The van der Waals surface area contributed by atoms with E-state index in [9.17, 15) is 4.79 Å². The number of Topliss-reactive ketones (excluding diaryl/α,β-unsaturated/α-hetero) is 1. The summed E-state index contributed by atoms with van der Waals surface area (Å²) in [5.41, 5.74) is 0.705. The minimum atomic E-state index is 0.169. The standard InChI is InChI=1S/C12H20N2O/c1-4-8-14(10(2)3)9-12(15)11-6-5-7-13-11/h5-7,10,13H,4,8-9H2,1-3H3. The Morgan fingerprint density at radius 1 is 1.53 bits per heavy atom. The van der Waals surface area contributed by atoms with E-state index in [2.05, 4.69) is 30.7 Å². The fourth-order valence-electron chi connectivity index (χ4n) is 1.58. The number of carbonyl (C=O) groups excluding carboxylic acids is 1. The molecule has 3 nitrogen and oxygen atoms in total. The highest BCUT2D eigenvalue weighted by Gasteiger charge is 2.14. The lowest BCUT2D eigenvalue weighted by Gasteiger charge is -2.24. The van der Waals surface area contributed by atoms with Crippen molar-refractivity contribution >= 4 is 5.78 Å². The van der Waals surface area contributed by atoms with Crippen LogP contribution < -0.4 is 0 Å². The summed E-state index contributed by atoms with van der Waals surface area (Å²) in [4.78, 5) is 17.0. The summed E-state index contributed by atoms with van der Waals surface area (Å²) in [6.07, 6.45) is 2.86. The summed E-state index contributed by atoms with van der Waals surface area (Å²) >= 11 is 0. The molecule has 1 heterocycles. The van der Waals surface area contributed by atoms with Crippen LogP contribution in [0.3, 0.4) is 0 Å². The van der Waals surface area contributed by atoms with Gasteiger partial charge in [0, 0.05) is 12.2 Å². The van der Waals surface area contributed by atoms with Crippen LogP contribution in [-0.2, 0) is 0 Å². The highest BCUT2D eigenvalue weighted by molar-refractivity contribution is 5.95. The summed E-state index contributed by atoms with van der Waals surface area (Å²) in [6, 6.07) is 4.10. The molecular formula is C12H20N2O. The van der Waals surface area contributed by atoms with Crippen molar-refractivity contribution in [1.29, 1.82) is 0 Å². The van der Waals surface area contributed by atoms with Gasteiger partial charge in [0.15, 0.2) is 5.78 Å². The van der Waals surface area contributed by atoms with Gasteiger partial charge in [-0.25, -0.2) is 0 Å². The van der Waals surface area contributed by atoms with Crippen LogP contribution in [0.4, 0.5) is 0 Å². The molecule has 15 heavy (non-hydrogen) atoms. The first-order valence-corrected chi connectivity index (χ1v) is 5.55. The van der Waals surface area contributed by atoms with Crippen molar-refractivity contribution in [3.8, 4) is 0 Å². The van der Waals surface area contributed by atoms with E-state index in [1.807, 2.05) is 12.1 Å². The Labute approximate surface area is 91.5 Å². The van der Waals surface area contributed by atoms with Gasteiger partial charge in [-0.15, -0.1) is 0 Å². The molecule has 0 fully saturated rings. The zero-order valence-electron chi connectivity index (χ0n) is 9.79. The summed E-state index contributed by atoms with van der Waals surface area (Å²) in [6.45, 7) is 7.86. The largest absolute Gasteiger partial charge is 0.359 e. The Morgan fingerprint density at radius 3 is 2.73 bits per heavy atom. The quantitative estimate of drug-likeness (QED) is 0.728. The highest BCUT2D eigenvalue weighted by atomic mass is 16.1. The van der Waals surface area contributed by atoms with E-state index < -0.39 is 0 Å². The van der Waals surface area contributed by atoms with E-state index in [1.54, 1.807) is 6.20 Å². The molecule has 0 aromatic carbocycles. The van der Waals surface area contributed by atoms with Crippen LogP contribution in [0, 0.1) is 0 Å². The maximum Gasteiger partial charge on any atom is 0.192 e. The molecule has 0 spiro atoms. The van der Waals surface area contributed by atoms with Crippen molar-refractivity contribution < 1.29 is 4.79 Å². The number of ketones is 1. The van der Waals surface area contributed by atoms with Crippen LogP contribution in [0.1, 0.15) is 37.7 Å². The van der Waals surface area contributed by atoms with Gasteiger partial charge in [0.05, 0.1) is 12.2 Å². The second kappa shape index (κ2) is 5.71. The third kappa shape index (κ3) is 3.51. The normalized spacial score (nSPS) is 11.3. The van der Waals surface area contributed by atoms with Gasteiger partial charge in [-0.3, -0.25) is 9.69 Å². The molecule has 1 aromatic rings. The van der Waals surface area contributed by atoms with Crippen LogP contribution in [0.25, 0.3) is 0 Å². The molecule has 1 aromatic heterocycles. The lowest BCUT2D eigenvalue weighted by atomic mass is 10.2. The molecule has 0 unspecified atom stereocenters. The first-order chi connectivity index (χ1) is 7.15. The first kappa shape index (κ1) is 12.0. The van der Waals surface area contributed by atoms with Crippen LogP contribution in [0.2, 0.25) is 0 Å². The van der Waals surface area contributed by atoms with Crippen LogP contribution in [0.15, 0.2) is 18.3 Å². The van der Waals surface area contributed by atoms with Gasteiger partial charge in [-0.1, -0.05) is 6.92 Å². The lowest BCUT2D eigenvalue weighted by Crippen LogP contribution is -2.36. The van der Waals surface area contributed by atoms with Crippen molar-refractivity contribution in [3.63, 3.8) is 0 Å². The number of hydrogen-bond acceptors (Lipinski definition) is 2. The molecule has 0 bridgehead atoms. The Bertz CT molecular complexity index is 291. The molecule has 0 saturated carbocycles. The zero-order chi connectivity index (χ0) is 11.3. The Hall–Kier alpha value is -1.09. The summed E-state index contributed by atoms with van der Waals surface area (Å²) in [7, 11) is 0. The molecule has 0 atom stereocenters. The molecule has 1 rings (SSSR count).